The van der Waals surface area contributed by atoms with Gasteiger partial charge in [0.1, 0.15) is 5.75 Å². The zero-order chi connectivity index (χ0) is 23.5. The molecule has 0 spiro atoms. The maximum absolute atomic E-state index is 12.4. The summed E-state index contributed by atoms with van der Waals surface area (Å²) in [5, 5.41) is 5.74. The largest absolute Gasteiger partial charge is 0.513 e. The number of rotatable bonds is 9. The van der Waals surface area contributed by atoms with Gasteiger partial charge in [0.05, 0.1) is 6.61 Å². The molecule has 0 heterocycles. The average Bonchev–Trinajstić information content (AvgIpc) is 2.83. The zero-order valence-electron chi connectivity index (χ0n) is 18.4. The van der Waals surface area contributed by atoms with Crippen LogP contribution in [0, 0.1) is 0 Å². The molecule has 0 bridgehead atoms. The highest BCUT2D eigenvalue weighted by atomic mass is 16.7. The number of amides is 2. The molecule has 0 fully saturated rings. The van der Waals surface area contributed by atoms with Crippen LogP contribution in [0.3, 0.4) is 0 Å². The Hall–Kier alpha value is -4.13. The monoisotopic (exact) mass is 446 g/mol. The van der Waals surface area contributed by atoms with Crippen molar-refractivity contribution in [3.8, 4) is 5.75 Å². The van der Waals surface area contributed by atoms with E-state index >= 15 is 0 Å². The molecule has 7 heteroatoms. The standard InChI is InChI=1S/C26H26N2O5/c1-2-32-26(31)33-23-14-12-21(13-15-23)25(30)27-18-20-9-6-10-22(17-20)28-24(29)16-11-19-7-4-3-5-8-19/h3-10,12-15,17H,2,11,16,18H2,1H3,(H,27,30)(H,28,29). The first-order chi connectivity index (χ1) is 16.0. The molecule has 0 aliphatic rings. The van der Waals surface area contributed by atoms with E-state index < -0.39 is 6.16 Å². The van der Waals surface area contributed by atoms with Crippen molar-refractivity contribution in [1.82, 2.24) is 5.32 Å². The summed E-state index contributed by atoms with van der Waals surface area (Å²) in [6, 6.07) is 23.4. The van der Waals surface area contributed by atoms with Crippen LogP contribution in [0.1, 0.15) is 34.8 Å². The summed E-state index contributed by atoms with van der Waals surface area (Å²) in [6.45, 7) is 2.20. The number of carbonyl (C=O) groups excluding carboxylic acids is 3. The third-order valence-corrected chi connectivity index (χ3v) is 4.73. The van der Waals surface area contributed by atoms with E-state index in [-0.39, 0.29) is 18.4 Å². The molecule has 0 aliphatic carbocycles. The summed E-state index contributed by atoms with van der Waals surface area (Å²) >= 11 is 0. The quantitative estimate of drug-likeness (QED) is 0.366. The molecule has 3 rings (SSSR count). The Morgan fingerprint density at radius 1 is 0.848 bits per heavy atom. The van der Waals surface area contributed by atoms with Gasteiger partial charge in [0.2, 0.25) is 5.91 Å². The maximum atomic E-state index is 12.4. The highest BCUT2D eigenvalue weighted by Gasteiger charge is 2.09. The molecule has 0 saturated carbocycles. The maximum Gasteiger partial charge on any atom is 0.513 e. The van der Waals surface area contributed by atoms with Crippen molar-refractivity contribution in [3.05, 3.63) is 95.6 Å². The Morgan fingerprint density at radius 3 is 2.30 bits per heavy atom. The lowest BCUT2D eigenvalue weighted by Gasteiger charge is -2.09. The van der Waals surface area contributed by atoms with E-state index in [9.17, 15) is 14.4 Å². The number of anilines is 1. The fourth-order valence-electron chi connectivity index (χ4n) is 3.09. The Labute approximate surface area is 192 Å². The number of hydrogen-bond donors (Lipinski definition) is 2. The van der Waals surface area contributed by atoms with Crippen LogP contribution in [0.2, 0.25) is 0 Å². The normalized spacial score (nSPS) is 10.2. The van der Waals surface area contributed by atoms with Gasteiger partial charge in [0.15, 0.2) is 0 Å². The van der Waals surface area contributed by atoms with Gasteiger partial charge in [-0.3, -0.25) is 9.59 Å². The van der Waals surface area contributed by atoms with Gasteiger partial charge in [0, 0.05) is 24.2 Å². The molecule has 0 aliphatic heterocycles. The van der Waals surface area contributed by atoms with Crippen molar-refractivity contribution in [1.29, 1.82) is 0 Å². The summed E-state index contributed by atoms with van der Waals surface area (Å²) < 4.78 is 9.69. The molecule has 2 amide bonds. The fraction of sp³-hybridized carbons (Fsp3) is 0.192. The molecule has 2 N–H and O–H groups in total. The first-order valence-electron chi connectivity index (χ1n) is 10.7. The van der Waals surface area contributed by atoms with Crippen molar-refractivity contribution in [3.63, 3.8) is 0 Å². The Balaban J connectivity index is 1.48. The van der Waals surface area contributed by atoms with Gasteiger partial charge < -0.3 is 20.1 Å². The van der Waals surface area contributed by atoms with E-state index in [0.29, 0.717) is 36.4 Å². The zero-order valence-corrected chi connectivity index (χ0v) is 18.4. The lowest BCUT2D eigenvalue weighted by molar-refractivity contribution is -0.116. The number of aryl methyl sites for hydroxylation is 1. The molecular formula is C26H26N2O5. The van der Waals surface area contributed by atoms with Gasteiger partial charge in [-0.15, -0.1) is 0 Å². The van der Waals surface area contributed by atoms with Gasteiger partial charge in [0.25, 0.3) is 5.91 Å². The molecule has 0 saturated heterocycles. The first kappa shape index (κ1) is 23.5. The molecule has 0 aromatic heterocycles. The third-order valence-electron chi connectivity index (χ3n) is 4.73. The van der Waals surface area contributed by atoms with Crippen LogP contribution in [0.5, 0.6) is 5.75 Å². The Kier molecular flexibility index (Phi) is 8.59. The number of carbonyl (C=O) groups is 3. The number of benzene rings is 3. The number of ether oxygens (including phenoxy) is 2. The molecule has 170 valence electrons. The predicted molar refractivity (Wildman–Crippen MR) is 125 cm³/mol. The lowest BCUT2D eigenvalue weighted by atomic mass is 10.1. The van der Waals surface area contributed by atoms with Crippen LogP contribution in [0.25, 0.3) is 0 Å². The molecule has 7 nitrogen and oxygen atoms in total. The van der Waals surface area contributed by atoms with Gasteiger partial charge in [-0.1, -0.05) is 42.5 Å². The first-order valence-corrected chi connectivity index (χ1v) is 10.7. The SMILES string of the molecule is CCOC(=O)Oc1ccc(C(=O)NCc2cccc(NC(=O)CCc3ccccc3)c2)cc1. The minimum absolute atomic E-state index is 0.0647. The highest BCUT2D eigenvalue weighted by molar-refractivity contribution is 5.94. The second-order valence-electron chi connectivity index (χ2n) is 7.23. The second-order valence-corrected chi connectivity index (χ2v) is 7.23. The van der Waals surface area contributed by atoms with Crippen molar-refractivity contribution in [2.75, 3.05) is 11.9 Å². The van der Waals surface area contributed by atoms with Crippen molar-refractivity contribution in [2.24, 2.45) is 0 Å². The molecule has 0 unspecified atom stereocenters. The van der Waals surface area contributed by atoms with Crippen molar-refractivity contribution >= 4 is 23.7 Å². The minimum Gasteiger partial charge on any atom is -0.434 e. The van der Waals surface area contributed by atoms with Gasteiger partial charge in [-0.25, -0.2) is 4.79 Å². The molecular weight excluding hydrogens is 420 g/mol. The van der Waals surface area contributed by atoms with E-state index in [2.05, 4.69) is 10.6 Å². The van der Waals surface area contributed by atoms with E-state index in [1.807, 2.05) is 54.6 Å². The molecule has 0 radical (unpaired) electrons. The Bertz CT molecular complexity index is 1080. The van der Waals surface area contributed by atoms with Gasteiger partial charge in [-0.05, 0) is 60.9 Å². The molecule has 3 aromatic carbocycles. The highest BCUT2D eigenvalue weighted by Crippen LogP contribution is 2.14. The van der Waals surface area contributed by atoms with E-state index in [1.54, 1.807) is 19.1 Å². The van der Waals surface area contributed by atoms with Gasteiger partial charge >= 0.3 is 6.16 Å². The summed E-state index contributed by atoms with van der Waals surface area (Å²) in [6.07, 6.45) is 0.272. The number of hydrogen-bond acceptors (Lipinski definition) is 5. The summed E-state index contributed by atoms with van der Waals surface area (Å²) in [7, 11) is 0. The van der Waals surface area contributed by atoms with Gasteiger partial charge in [-0.2, -0.15) is 0 Å². The average molecular weight is 447 g/mol. The van der Waals surface area contributed by atoms with Crippen molar-refractivity contribution < 1.29 is 23.9 Å². The summed E-state index contributed by atoms with van der Waals surface area (Å²) in [5.74, 6) is -0.0409. The van der Waals surface area contributed by atoms with Crippen LogP contribution >= 0.6 is 0 Å². The molecule has 3 aromatic rings. The van der Waals surface area contributed by atoms with Crippen LogP contribution in [-0.4, -0.2) is 24.6 Å². The molecule has 0 atom stereocenters. The smallest absolute Gasteiger partial charge is 0.434 e. The van der Waals surface area contributed by atoms with Crippen LogP contribution < -0.4 is 15.4 Å². The van der Waals surface area contributed by atoms with Crippen LogP contribution in [-0.2, 0) is 22.5 Å². The molecule has 33 heavy (non-hydrogen) atoms. The summed E-state index contributed by atoms with van der Waals surface area (Å²) in [5.41, 5.74) is 3.08. The van der Waals surface area contributed by atoms with E-state index in [4.69, 9.17) is 9.47 Å². The topological polar surface area (TPSA) is 93.7 Å². The minimum atomic E-state index is -0.790. The van der Waals surface area contributed by atoms with Crippen molar-refractivity contribution in [2.45, 2.75) is 26.3 Å². The fourth-order valence-corrected chi connectivity index (χ4v) is 3.09. The number of nitrogens with one attached hydrogen (secondary N) is 2. The Morgan fingerprint density at radius 2 is 1.58 bits per heavy atom. The van der Waals surface area contributed by atoms with Crippen LogP contribution in [0.15, 0.2) is 78.9 Å². The van der Waals surface area contributed by atoms with E-state index in [1.165, 1.54) is 12.1 Å². The van der Waals surface area contributed by atoms with Crippen LogP contribution in [0.4, 0.5) is 10.5 Å². The summed E-state index contributed by atoms with van der Waals surface area (Å²) in [4.78, 5) is 36.0. The third kappa shape index (κ3) is 7.81. The van der Waals surface area contributed by atoms with E-state index in [0.717, 1.165) is 11.1 Å². The predicted octanol–water partition coefficient (Wildman–Crippen LogP) is 4.72. The lowest BCUT2D eigenvalue weighted by Crippen LogP contribution is -2.22. The second kappa shape index (κ2) is 12.0.